The Morgan fingerprint density at radius 3 is 2.67 bits per heavy atom. The molecule has 0 saturated carbocycles. The molecule has 0 aliphatic carbocycles. The highest BCUT2D eigenvalue weighted by Gasteiger charge is 2.33. The first kappa shape index (κ1) is 20.3. The predicted octanol–water partition coefficient (Wildman–Crippen LogP) is 2.87. The fourth-order valence-corrected chi connectivity index (χ4v) is 5.07. The highest BCUT2D eigenvalue weighted by molar-refractivity contribution is 7.08. The number of allylic oxidation sites excluding steroid dienone is 1. The summed E-state index contributed by atoms with van der Waals surface area (Å²) >= 11 is 2.89. The number of aromatic nitrogens is 1. The monoisotopic (exact) mass is 440 g/mol. The van der Waals surface area contributed by atoms with Gasteiger partial charge in [-0.2, -0.15) is 11.3 Å². The van der Waals surface area contributed by atoms with E-state index >= 15 is 0 Å². The van der Waals surface area contributed by atoms with Gasteiger partial charge in [0, 0.05) is 0 Å². The molecule has 0 saturated heterocycles. The third kappa shape index (κ3) is 3.64. The van der Waals surface area contributed by atoms with Crippen molar-refractivity contribution in [3.05, 3.63) is 83.2 Å². The fraction of sp³-hybridized carbons (Fsp3) is 0.227. The van der Waals surface area contributed by atoms with Crippen LogP contribution in [0.25, 0.3) is 6.08 Å². The number of methoxy groups -OCH3 is 1. The molecular weight excluding hydrogens is 420 g/mol. The number of carbonyl (C=O) groups is 1. The average molecular weight is 441 g/mol. The molecular formula is C22H20N2O4S2. The second-order valence-electron chi connectivity index (χ2n) is 6.63. The Morgan fingerprint density at radius 1 is 1.27 bits per heavy atom. The Hall–Kier alpha value is -2.97. The quantitative estimate of drug-likeness (QED) is 0.572. The van der Waals surface area contributed by atoms with Gasteiger partial charge < -0.3 is 9.47 Å². The maximum atomic E-state index is 13.4. The molecule has 0 radical (unpaired) electrons. The minimum absolute atomic E-state index is 0.180. The van der Waals surface area contributed by atoms with Gasteiger partial charge in [0.05, 0.1) is 35.6 Å². The van der Waals surface area contributed by atoms with Crippen molar-refractivity contribution in [2.24, 2.45) is 4.99 Å². The van der Waals surface area contributed by atoms with E-state index in [-0.39, 0.29) is 12.2 Å². The van der Waals surface area contributed by atoms with E-state index in [1.54, 1.807) is 36.9 Å². The zero-order chi connectivity index (χ0) is 21.3. The van der Waals surface area contributed by atoms with E-state index in [2.05, 4.69) is 4.99 Å². The zero-order valence-electron chi connectivity index (χ0n) is 16.7. The van der Waals surface area contributed by atoms with E-state index < -0.39 is 12.0 Å². The zero-order valence-corrected chi connectivity index (χ0v) is 18.4. The van der Waals surface area contributed by atoms with Crippen LogP contribution in [0.3, 0.4) is 0 Å². The van der Waals surface area contributed by atoms with Gasteiger partial charge in [-0.25, -0.2) is 9.79 Å². The number of thiazole rings is 1. The number of nitrogens with zero attached hydrogens (tertiary/aromatic N) is 2. The van der Waals surface area contributed by atoms with Crippen LogP contribution in [0, 0.1) is 0 Å². The number of hydrogen-bond donors (Lipinski definition) is 0. The van der Waals surface area contributed by atoms with Crippen LogP contribution in [-0.4, -0.2) is 24.3 Å². The van der Waals surface area contributed by atoms with Gasteiger partial charge in [-0.3, -0.25) is 9.36 Å². The summed E-state index contributed by atoms with van der Waals surface area (Å²) in [6.07, 6.45) is 1.86. The van der Waals surface area contributed by atoms with Crippen LogP contribution < -0.4 is 19.6 Å². The van der Waals surface area contributed by atoms with Crippen LogP contribution >= 0.6 is 22.7 Å². The van der Waals surface area contributed by atoms with Gasteiger partial charge in [-0.1, -0.05) is 23.5 Å². The van der Waals surface area contributed by atoms with Gasteiger partial charge >= 0.3 is 5.97 Å². The summed E-state index contributed by atoms with van der Waals surface area (Å²) in [6.45, 7) is 3.78. The van der Waals surface area contributed by atoms with Crippen molar-refractivity contribution in [2.75, 3.05) is 13.7 Å². The third-order valence-electron chi connectivity index (χ3n) is 4.79. The summed E-state index contributed by atoms with van der Waals surface area (Å²) < 4.78 is 12.7. The number of rotatable bonds is 5. The van der Waals surface area contributed by atoms with Crippen molar-refractivity contribution in [1.82, 2.24) is 4.57 Å². The van der Waals surface area contributed by atoms with Gasteiger partial charge in [0.15, 0.2) is 4.80 Å². The second-order valence-corrected chi connectivity index (χ2v) is 8.42. The molecule has 1 atom stereocenters. The molecule has 4 rings (SSSR count). The van der Waals surface area contributed by atoms with E-state index in [1.807, 2.05) is 47.2 Å². The Morgan fingerprint density at radius 2 is 2.03 bits per heavy atom. The topological polar surface area (TPSA) is 69.9 Å². The summed E-state index contributed by atoms with van der Waals surface area (Å²) in [6, 6.07) is 8.69. The molecule has 3 aromatic rings. The van der Waals surface area contributed by atoms with Gasteiger partial charge in [0.2, 0.25) is 0 Å². The number of benzene rings is 1. The molecule has 0 fully saturated rings. The largest absolute Gasteiger partial charge is 0.497 e. The summed E-state index contributed by atoms with van der Waals surface area (Å²) in [5, 5.41) is 3.94. The maximum Gasteiger partial charge on any atom is 0.338 e. The Bertz CT molecular complexity index is 1280. The van der Waals surface area contributed by atoms with E-state index in [9.17, 15) is 9.59 Å². The van der Waals surface area contributed by atoms with Gasteiger partial charge in [0.1, 0.15) is 5.75 Å². The van der Waals surface area contributed by atoms with Gasteiger partial charge in [-0.05, 0) is 60.0 Å². The van der Waals surface area contributed by atoms with Crippen molar-refractivity contribution in [1.29, 1.82) is 0 Å². The lowest BCUT2D eigenvalue weighted by Gasteiger charge is -2.24. The third-order valence-corrected chi connectivity index (χ3v) is 6.47. The van der Waals surface area contributed by atoms with Crippen LogP contribution in [0.5, 0.6) is 5.75 Å². The number of fused-ring (bicyclic) bond motifs is 1. The van der Waals surface area contributed by atoms with Crippen LogP contribution in [0.4, 0.5) is 0 Å². The Balaban J connectivity index is 1.95. The molecule has 1 aliphatic rings. The molecule has 0 bridgehead atoms. The number of thiophene rings is 1. The Labute approximate surface area is 181 Å². The molecule has 8 heteroatoms. The number of ether oxygens (including phenoxy) is 2. The number of carbonyl (C=O) groups excluding carboxylic acids is 1. The molecule has 1 aliphatic heterocycles. The molecule has 0 N–H and O–H groups in total. The SMILES string of the molecule is CCOC(=O)C1=C(C)N=c2s/c(=C/c3ccsc3)c(=O)n2[C@H]1c1ccc(OC)cc1. The van der Waals surface area contributed by atoms with E-state index in [1.165, 1.54) is 11.3 Å². The van der Waals surface area contributed by atoms with E-state index in [4.69, 9.17) is 9.47 Å². The smallest absolute Gasteiger partial charge is 0.338 e. The first-order valence-electron chi connectivity index (χ1n) is 9.39. The van der Waals surface area contributed by atoms with Crippen LogP contribution in [0.1, 0.15) is 31.0 Å². The minimum atomic E-state index is -0.615. The summed E-state index contributed by atoms with van der Waals surface area (Å²) in [4.78, 5) is 31.3. The molecule has 154 valence electrons. The molecule has 6 nitrogen and oxygen atoms in total. The first-order valence-corrected chi connectivity index (χ1v) is 11.1. The molecule has 0 unspecified atom stereocenters. The molecule has 3 heterocycles. The lowest BCUT2D eigenvalue weighted by molar-refractivity contribution is -0.139. The number of hydrogen-bond acceptors (Lipinski definition) is 7. The van der Waals surface area contributed by atoms with Crippen LogP contribution in [-0.2, 0) is 9.53 Å². The van der Waals surface area contributed by atoms with Gasteiger partial charge in [0.25, 0.3) is 5.56 Å². The summed E-state index contributed by atoms with van der Waals surface area (Å²) in [5.74, 6) is 0.230. The summed E-state index contributed by atoms with van der Waals surface area (Å²) in [5.41, 5.74) is 2.50. The molecule has 1 aromatic carbocycles. The predicted molar refractivity (Wildman–Crippen MR) is 118 cm³/mol. The van der Waals surface area contributed by atoms with Crippen molar-refractivity contribution in [3.8, 4) is 5.75 Å². The molecule has 0 amide bonds. The molecule has 2 aromatic heterocycles. The lowest BCUT2D eigenvalue weighted by atomic mass is 9.96. The maximum absolute atomic E-state index is 13.4. The van der Waals surface area contributed by atoms with Gasteiger partial charge in [-0.15, -0.1) is 0 Å². The summed E-state index contributed by atoms with van der Waals surface area (Å²) in [7, 11) is 1.59. The van der Waals surface area contributed by atoms with Crippen LogP contribution in [0.15, 0.2) is 62.1 Å². The average Bonchev–Trinajstić information content (AvgIpc) is 3.36. The minimum Gasteiger partial charge on any atom is -0.497 e. The van der Waals surface area contributed by atoms with E-state index in [0.717, 1.165) is 11.1 Å². The van der Waals surface area contributed by atoms with Crippen molar-refractivity contribution < 1.29 is 14.3 Å². The fourth-order valence-electron chi connectivity index (χ4n) is 3.40. The standard InChI is InChI=1S/C22H20N2O4S2/c1-4-28-21(26)18-13(2)23-22-24(19(18)15-5-7-16(27-3)8-6-15)20(25)17(30-22)11-14-9-10-29-12-14/h5-12,19H,4H2,1-3H3/b17-11+/t19-/m0/s1. The lowest BCUT2D eigenvalue weighted by Crippen LogP contribution is -2.39. The highest BCUT2D eigenvalue weighted by atomic mass is 32.1. The normalized spacial score (nSPS) is 16.2. The van der Waals surface area contributed by atoms with Crippen molar-refractivity contribution in [3.63, 3.8) is 0 Å². The Kier molecular flexibility index (Phi) is 5.69. The highest BCUT2D eigenvalue weighted by Crippen LogP contribution is 2.31. The van der Waals surface area contributed by atoms with E-state index in [0.29, 0.717) is 26.4 Å². The molecule has 30 heavy (non-hydrogen) atoms. The number of esters is 1. The molecule has 0 spiro atoms. The first-order chi connectivity index (χ1) is 14.5. The van der Waals surface area contributed by atoms with Crippen LogP contribution in [0.2, 0.25) is 0 Å². The van der Waals surface area contributed by atoms with Crippen molar-refractivity contribution in [2.45, 2.75) is 19.9 Å². The second kappa shape index (κ2) is 8.41. The van der Waals surface area contributed by atoms with Crippen molar-refractivity contribution >= 4 is 34.7 Å².